The van der Waals surface area contributed by atoms with E-state index in [1.807, 2.05) is 12.1 Å². The van der Waals surface area contributed by atoms with E-state index in [0.29, 0.717) is 28.1 Å². The number of benzene rings is 6. The first-order valence-electron chi connectivity index (χ1n) is 21.2. The number of hydrogen-bond acceptors (Lipinski definition) is 1. The van der Waals surface area contributed by atoms with Crippen molar-refractivity contribution in [2.75, 3.05) is 0 Å². The Hall–Kier alpha value is -5.80. The predicted molar refractivity (Wildman–Crippen MR) is 250 cm³/mol. The third-order valence-electron chi connectivity index (χ3n) is 12.6. The molecule has 0 bridgehead atoms. The summed E-state index contributed by atoms with van der Waals surface area (Å²) in [6.07, 6.45) is -4.65. The minimum absolute atomic E-state index is 0.0937. The molecule has 0 atom stereocenters. The second kappa shape index (κ2) is 13.9. The van der Waals surface area contributed by atoms with Crippen molar-refractivity contribution in [3.8, 4) is 28.6 Å². The van der Waals surface area contributed by atoms with E-state index in [2.05, 4.69) is 171 Å². The number of aryl methyl sites for hydroxylation is 1. The minimum atomic E-state index is -4.65. The van der Waals surface area contributed by atoms with Crippen molar-refractivity contribution in [2.45, 2.75) is 118 Å². The molecule has 0 N–H and O–H groups in total. The molecule has 2 heterocycles. The number of alkyl halides is 3. The Labute approximate surface area is 358 Å². The number of fused-ring (bicyclic) bond motifs is 6. The van der Waals surface area contributed by atoms with Crippen LogP contribution in [0.4, 0.5) is 13.2 Å². The Morgan fingerprint density at radius 3 is 1.15 bits per heavy atom. The molecule has 0 aliphatic heterocycles. The molecule has 312 valence electrons. The fraction of sp³-hybridized carbons (Fsp3) is 0.327. The van der Waals surface area contributed by atoms with Crippen LogP contribution in [0.1, 0.15) is 122 Å². The van der Waals surface area contributed by atoms with Gasteiger partial charge in [0.1, 0.15) is 6.07 Å². The standard InChI is InChI=1S/C55H56F3N3/c1-32-15-14-16-43(55(56,57)58)50(32)42-30-44(60-46-26-34(51(2,3)4)17-21-38(46)39-22-18-35(27-47(39)60)52(5,6)7)33(31-59)25-45(42)61-48-28-36(53(8,9)10)19-23-40(48)41-24-20-37(29-49(41)61)54(11,12)13/h14-30H,1-13H3. The maximum atomic E-state index is 15.4. The number of halogens is 3. The largest absolute Gasteiger partial charge is 0.417 e. The van der Waals surface area contributed by atoms with Crippen LogP contribution in [0.25, 0.3) is 66.1 Å². The lowest BCUT2D eigenvalue weighted by molar-refractivity contribution is -0.137. The predicted octanol–water partition coefficient (Wildman–Crippen LogP) is 15.9. The van der Waals surface area contributed by atoms with Crippen LogP contribution in [0.5, 0.6) is 0 Å². The minimum Gasteiger partial charge on any atom is -0.309 e. The number of nitriles is 1. The Morgan fingerprint density at radius 2 is 0.820 bits per heavy atom. The van der Waals surface area contributed by atoms with Gasteiger partial charge >= 0.3 is 6.18 Å². The van der Waals surface area contributed by atoms with Crippen molar-refractivity contribution in [1.82, 2.24) is 9.13 Å². The maximum absolute atomic E-state index is 15.4. The number of hydrogen-bond donors (Lipinski definition) is 0. The molecular formula is C55H56F3N3. The summed E-state index contributed by atoms with van der Waals surface area (Å²) in [7, 11) is 0. The molecule has 3 nitrogen and oxygen atoms in total. The van der Waals surface area contributed by atoms with E-state index in [4.69, 9.17) is 0 Å². The summed E-state index contributed by atoms with van der Waals surface area (Å²) in [5, 5.41) is 15.3. The van der Waals surface area contributed by atoms with Crippen molar-refractivity contribution in [2.24, 2.45) is 0 Å². The van der Waals surface area contributed by atoms with Gasteiger partial charge in [0.2, 0.25) is 0 Å². The summed E-state index contributed by atoms with van der Waals surface area (Å²) < 4.78 is 50.6. The van der Waals surface area contributed by atoms with Gasteiger partial charge in [0, 0.05) is 27.1 Å². The number of rotatable bonds is 3. The van der Waals surface area contributed by atoms with Gasteiger partial charge < -0.3 is 9.13 Å². The van der Waals surface area contributed by atoms with Crippen LogP contribution >= 0.6 is 0 Å². The van der Waals surface area contributed by atoms with Crippen LogP contribution in [-0.4, -0.2) is 9.13 Å². The van der Waals surface area contributed by atoms with Gasteiger partial charge in [-0.05, 0) is 104 Å². The van der Waals surface area contributed by atoms with Crippen LogP contribution in [0, 0.1) is 18.3 Å². The molecule has 0 amide bonds. The highest BCUT2D eigenvalue weighted by atomic mass is 19.4. The molecule has 0 saturated heterocycles. The van der Waals surface area contributed by atoms with Crippen molar-refractivity contribution >= 4 is 43.6 Å². The lowest BCUT2D eigenvalue weighted by atomic mass is 9.86. The maximum Gasteiger partial charge on any atom is 0.417 e. The molecule has 8 aromatic rings. The van der Waals surface area contributed by atoms with Crippen LogP contribution in [-0.2, 0) is 27.8 Å². The van der Waals surface area contributed by atoms with Gasteiger partial charge in [-0.1, -0.05) is 144 Å². The average molecular weight is 816 g/mol. The third kappa shape index (κ3) is 7.10. The van der Waals surface area contributed by atoms with E-state index in [9.17, 15) is 5.26 Å². The quantitative estimate of drug-likeness (QED) is 0.175. The highest BCUT2D eigenvalue weighted by Crippen LogP contribution is 2.47. The molecule has 0 aliphatic rings. The van der Waals surface area contributed by atoms with Gasteiger partial charge in [0.15, 0.2) is 0 Å². The second-order valence-corrected chi connectivity index (χ2v) is 21.1. The Kier molecular flexibility index (Phi) is 9.52. The molecule has 0 radical (unpaired) electrons. The normalized spacial score (nSPS) is 13.2. The SMILES string of the molecule is Cc1cccc(C(F)(F)F)c1-c1cc(-n2c3cc(C(C)(C)C)ccc3c3ccc(C(C)(C)C)cc32)c(C#N)cc1-n1c2cc(C(C)(C)C)ccc2c2ccc(C(C)(C)C)cc21. The van der Waals surface area contributed by atoms with E-state index >= 15 is 13.2 Å². The molecule has 6 heteroatoms. The molecule has 0 aliphatic carbocycles. The fourth-order valence-corrected chi connectivity index (χ4v) is 8.92. The monoisotopic (exact) mass is 815 g/mol. The Morgan fingerprint density at radius 1 is 0.459 bits per heavy atom. The molecule has 0 fully saturated rings. The van der Waals surface area contributed by atoms with E-state index < -0.39 is 11.7 Å². The average Bonchev–Trinajstić information content (AvgIpc) is 3.67. The van der Waals surface area contributed by atoms with E-state index in [1.54, 1.807) is 13.0 Å². The summed E-state index contributed by atoms with van der Waals surface area (Å²) in [4.78, 5) is 0. The number of aromatic nitrogens is 2. The first kappa shape index (κ1) is 41.9. The van der Waals surface area contributed by atoms with Gasteiger partial charge in [0.05, 0.1) is 44.6 Å². The first-order valence-corrected chi connectivity index (χ1v) is 21.2. The van der Waals surface area contributed by atoms with Gasteiger partial charge in [-0.3, -0.25) is 0 Å². The highest BCUT2D eigenvalue weighted by Gasteiger charge is 2.36. The smallest absolute Gasteiger partial charge is 0.309 e. The highest BCUT2D eigenvalue weighted by molar-refractivity contribution is 6.12. The van der Waals surface area contributed by atoms with Gasteiger partial charge in [-0.15, -0.1) is 0 Å². The van der Waals surface area contributed by atoms with E-state index in [0.717, 1.165) is 65.9 Å². The topological polar surface area (TPSA) is 33.6 Å². The summed E-state index contributed by atoms with van der Waals surface area (Å²) in [6, 6.07) is 36.6. The van der Waals surface area contributed by atoms with Gasteiger partial charge in [0.25, 0.3) is 0 Å². The Balaban J connectivity index is 1.62. The molecule has 8 rings (SSSR count). The fourth-order valence-electron chi connectivity index (χ4n) is 8.92. The molecule has 6 aromatic carbocycles. The molecular weight excluding hydrogens is 760 g/mol. The molecule has 2 aromatic heterocycles. The lowest BCUT2D eigenvalue weighted by Crippen LogP contribution is -2.13. The van der Waals surface area contributed by atoms with Crippen molar-refractivity contribution in [1.29, 1.82) is 5.26 Å². The van der Waals surface area contributed by atoms with Crippen molar-refractivity contribution in [3.05, 3.63) is 142 Å². The zero-order valence-corrected chi connectivity index (χ0v) is 37.8. The molecule has 61 heavy (non-hydrogen) atoms. The Bertz CT molecular complexity index is 2970. The lowest BCUT2D eigenvalue weighted by Gasteiger charge is -2.24. The summed E-state index contributed by atoms with van der Waals surface area (Å²) in [6.45, 7) is 27.8. The molecule has 0 unspecified atom stereocenters. The first-order chi connectivity index (χ1) is 28.3. The summed E-state index contributed by atoms with van der Waals surface area (Å²) >= 11 is 0. The zero-order valence-electron chi connectivity index (χ0n) is 37.8. The van der Waals surface area contributed by atoms with E-state index in [1.165, 1.54) is 12.1 Å². The van der Waals surface area contributed by atoms with Crippen LogP contribution in [0.2, 0.25) is 0 Å². The van der Waals surface area contributed by atoms with Crippen LogP contribution in [0.15, 0.2) is 103 Å². The van der Waals surface area contributed by atoms with E-state index in [-0.39, 0.29) is 27.2 Å². The number of nitrogens with zero attached hydrogens (tertiary/aromatic N) is 3. The summed E-state index contributed by atoms with van der Waals surface area (Å²) in [5.41, 5.74) is 8.84. The van der Waals surface area contributed by atoms with Gasteiger partial charge in [-0.2, -0.15) is 18.4 Å². The van der Waals surface area contributed by atoms with Crippen molar-refractivity contribution < 1.29 is 13.2 Å². The summed E-state index contributed by atoms with van der Waals surface area (Å²) in [5.74, 6) is 0. The van der Waals surface area contributed by atoms with Crippen LogP contribution in [0.3, 0.4) is 0 Å². The molecule has 0 saturated carbocycles. The molecule has 0 spiro atoms. The zero-order chi connectivity index (χ0) is 44.4. The third-order valence-corrected chi connectivity index (χ3v) is 12.6. The van der Waals surface area contributed by atoms with Crippen LogP contribution < -0.4 is 0 Å². The second-order valence-electron chi connectivity index (χ2n) is 21.1. The van der Waals surface area contributed by atoms with Crippen molar-refractivity contribution in [3.63, 3.8) is 0 Å². The van der Waals surface area contributed by atoms with Gasteiger partial charge in [-0.25, -0.2) is 0 Å².